The normalized spacial score (nSPS) is 11.1. The Morgan fingerprint density at radius 3 is 0.962 bits per heavy atom. The number of hydrogen-bond acceptors (Lipinski definition) is 6. The van der Waals surface area contributed by atoms with E-state index in [0.29, 0.717) is 0 Å². The van der Waals surface area contributed by atoms with Gasteiger partial charge < -0.3 is 30.6 Å². The van der Waals surface area contributed by atoms with Crippen molar-refractivity contribution in [3.05, 3.63) is 175 Å². The van der Waals surface area contributed by atoms with Crippen LogP contribution in [0.4, 0.5) is 0 Å². The van der Waals surface area contributed by atoms with Crippen molar-refractivity contribution in [2.45, 2.75) is 67.2 Å². The Bertz CT molecular complexity index is 2140. The molecule has 0 amide bonds. The average Bonchev–Trinajstić information content (AvgIpc) is 3.08. The average molecular weight is 697 g/mol. The van der Waals surface area contributed by atoms with Crippen LogP contribution in [0, 0.1) is 55.4 Å². The highest BCUT2D eigenvalue weighted by Crippen LogP contribution is 2.41. The molecule has 0 saturated heterocycles. The van der Waals surface area contributed by atoms with E-state index < -0.39 is 0 Å². The summed E-state index contributed by atoms with van der Waals surface area (Å²) in [6.45, 7) is 15.5. The molecule has 6 aromatic rings. The van der Waals surface area contributed by atoms with Crippen molar-refractivity contribution in [3.63, 3.8) is 0 Å². The van der Waals surface area contributed by atoms with E-state index in [-0.39, 0.29) is 46.3 Å². The highest BCUT2D eigenvalue weighted by molar-refractivity contribution is 5.56. The maximum Gasteiger partial charge on any atom is 0.118 e. The van der Waals surface area contributed by atoms with E-state index in [1.807, 2.05) is 104 Å². The summed E-state index contributed by atoms with van der Waals surface area (Å²) in [5.74, 6) is 1.40. The minimum absolute atomic E-state index is 0.0609. The second kappa shape index (κ2) is 15.2. The molecule has 0 saturated carbocycles. The summed E-state index contributed by atoms with van der Waals surface area (Å²) < 4.78 is 0. The predicted octanol–water partition coefficient (Wildman–Crippen LogP) is 10.4. The van der Waals surface area contributed by atoms with Crippen molar-refractivity contribution in [2.75, 3.05) is 0 Å². The van der Waals surface area contributed by atoms with Gasteiger partial charge in [-0.05, 0) is 182 Å². The molecule has 0 aliphatic carbocycles. The van der Waals surface area contributed by atoms with Crippen LogP contribution in [0.2, 0.25) is 0 Å². The summed E-state index contributed by atoms with van der Waals surface area (Å²) in [6, 6.07) is 29.7. The summed E-state index contributed by atoms with van der Waals surface area (Å²) in [7, 11) is 0. The predicted molar refractivity (Wildman–Crippen MR) is 208 cm³/mol. The van der Waals surface area contributed by atoms with Gasteiger partial charge in [0.05, 0.1) is 0 Å². The molecule has 0 spiro atoms. The molecule has 6 N–H and O–H groups in total. The van der Waals surface area contributed by atoms with Gasteiger partial charge in [-0.1, -0.05) is 48.5 Å². The number of rotatable bonds is 6. The fraction of sp³-hybridized carbons (Fsp3) is 0.217. The molecule has 6 heteroatoms. The maximum atomic E-state index is 10.1. The van der Waals surface area contributed by atoms with E-state index in [1.165, 1.54) is 0 Å². The van der Waals surface area contributed by atoms with Crippen molar-refractivity contribution >= 4 is 0 Å². The molecule has 0 bridgehead atoms. The summed E-state index contributed by atoms with van der Waals surface area (Å²) in [5.41, 5.74) is 13.6. The maximum absolute atomic E-state index is 10.1. The molecular formula is C46H48O6. The van der Waals surface area contributed by atoms with E-state index in [2.05, 4.69) is 0 Å². The van der Waals surface area contributed by atoms with Crippen molar-refractivity contribution in [2.24, 2.45) is 0 Å². The molecule has 0 aliphatic heterocycles. The Hall–Kier alpha value is -5.88. The van der Waals surface area contributed by atoms with Gasteiger partial charge in [0.1, 0.15) is 34.5 Å². The fourth-order valence-corrected chi connectivity index (χ4v) is 6.96. The fourth-order valence-electron chi connectivity index (χ4n) is 6.96. The lowest BCUT2D eigenvalue weighted by molar-refractivity contribution is 0.469. The van der Waals surface area contributed by atoms with Crippen LogP contribution in [0.1, 0.15) is 89.7 Å². The van der Waals surface area contributed by atoms with Crippen LogP contribution in [0.25, 0.3) is 0 Å². The molecule has 6 aromatic carbocycles. The minimum Gasteiger partial charge on any atom is -0.508 e. The first-order chi connectivity index (χ1) is 24.5. The van der Waals surface area contributed by atoms with Crippen molar-refractivity contribution < 1.29 is 30.6 Å². The minimum atomic E-state index is -0.110. The Kier molecular flexibility index (Phi) is 10.9. The molecule has 0 aliphatic rings. The third-order valence-corrected chi connectivity index (χ3v) is 10.0. The van der Waals surface area contributed by atoms with E-state index in [9.17, 15) is 30.6 Å². The summed E-state index contributed by atoms with van der Waals surface area (Å²) in [6.07, 6.45) is 0. The molecule has 0 aromatic heterocycles. The van der Waals surface area contributed by atoms with Gasteiger partial charge in [-0.2, -0.15) is 0 Å². The molecule has 6 rings (SSSR count). The summed E-state index contributed by atoms with van der Waals surface area (Å²) in [4.78, 5) is 0. The second-order valence-corrected chi connectivity index (χ2v) is 14.0. The lowest BCUT2D eigenvalue weighted by atomic mass is 9.80. The Balaban J connectivity index is 0.000000201. The van der Waals surface area contributed by atoms with Crippen LogP contribution in [0.5, 0.6) is 34.5 Å². The Morgan fingerprint density at radius 1 is 0.308 bits per heavy atom. The number of phenols is 6. The molecule has 0 radical (unpaired) electrons. The molecule has 6 nitrogen and oxygen atoms in total. The van der Waals surface area contributed by atoms with Gasteiger partial charge in [0.2, 0.25) is 0 Å². The number of aromatic hydroxyl groups is 6. The first-order valence-corrected chi connectivity index (χ1v) is 17.3. The van der Waals surface area contributed by atoms with Gasteiger partial charge in [-0.25, -0.2) is 0 Å². The first-order valence-electron chi connectivity index (χ1n) is 17.3. The zero-order valence-electron chi connectivity index (χ0n) is 31.1. The molecule has 0 unspecified atom stereocenters. The molecule has 0 heterocycles. The van der Waals surface area contributed by atoms with Crippen molar-refractivity contribution in [1.82, 2.24) is 0 Å². The molecule has 52 heavy (non-hydrogen) atoms. The van der Waals surface area contributed by atoms with Crippen LogP contribution < -0.4 is 0 Å². The topological polar surface area (TPSA) is 121 Å². The van der Waals surface area contributed by atoms with Gasteiger partial charge in [-0.3, -0.25) is 0 Å². The van der Waals surface area contributed by atoms with Gasteiger partial charge in [0.15, 0.2) is 0 Å². The van der Waals surface area contributed by atoms with E-state index in [0.717, 1.165) is 77.9 Å². The Morgan fingerprint density at radius 2 is 0.635 bits per heavy atom. The zero-order valence-corrected chi connectivity index (χ0v) is 31.1. The van der Waals surface area contributed by atoms with Gasteiger partial charge in [0, 0.05) is 11.8 Å². The monoisotopic (exact) mass is 696 g/mol. The smallest absolute Gasteiger partial charge is 0.118 e. The number of phenolic OH excluding ortho intramolecular Hbond substituents is 6. The highest BCUT2D eigenvalue weighted by Gasteiger charge is 2.24. The number of hydrogen-bond donors (Lipinski definition) is 6. The molecule has 0 fully saturated rings. The van der Waals surface area contributed by atoms with Crippen molar-refractivity contribution in [3.8, 4) is 34.5 Å². The second-order valence-electron chi connectivity index (χ2n) is 14.0. The number of aryl methyl sites for hydroxylation is 8. The molecular weight excluding hydrogens is 649 g/mol. The lowest BCUT2D eigenvalue weighted by Gasteiger charge is -2.24. The zero-order chi connectivity index (χ0) is 38.0. The van der Waals surface area contributed by atoms with Crippen LogP contribution in [0.15, 0.2) is 97.1 Å². The van der Waals surface area contributed by atoms with E-state index in [1.54, 1.807) is 48.5 Å². The van der Waals surface area contributed by atoms with Crippen LogP contribution in [-0.2, 0) is 0 Å². The highest BCUT2D eigenvalue weighted by atomic mass is 16.3. The van der Waals surface area contributed by atoms with Gasteiger partial charge in [-0.15, -0.1) is 0 Å². The largest absolute Gasteiger partial charge is 0.508 e. The van der Waals surface area contributed by atoms with E-state index in [4.69, 9.17) is 0 Å². The standard InChI is InChI=1S/2C23H24O3/c1-13-11-21(25)15(3)9-19(13)23(17-5-7-18(24)8-6-17)20-10-16(4)22(26)12-14(20)2;1-13-10-21(25)15(3)8-19(13)23(17-6-5-7-18(24)12-17)20-9-16(4)22(26)11-14(20)2/h2*5-12,23-26H,1-4H3. The molecule has 0 atom stereocenters. The lowest BCUT2D eigenvalue weighted by Crippen LogP contribution is -2.08. The SMILES string of the molecule is Cc1cc(C(c2ccc(O)cc2)c2cc(C)c(O)cc2C)c(C)cc1O.Cc1cc(C(c2cccc(O)c2)c2cc(C)c(O)cc2C)c(C)cc1O. The van der Waals surface area contributed by atoms with Crippen molar-refractivity contribution in [1.29, 1.82) is 0 Å². The van der Waals surface area contributed by atoms with Gasteiger partial charge in [0.25, 0.3) is 0 Å². The number of benzene rings is 6. The molecule has 268 valence electrons. The first kappa shape index (κ1) is 37.4. The summed E-state index contributed by atoms with van der Waals surface area (Å²) in [5, 5.41) is 59.9. The van der Waals surface area contributed by atoms with Crippen LogP contribution in [0.3, 0.4) is 0 Å². The third kappa shape index (κ3) is 7.87. The van der Waals surface area contributed by atoms with Gasteiger partial charge >= 0.3 is 0 Å². The summed E-state index contributed by atoms with van der Waals surface area (Å²) >= 11 is 0. The Labute approximate surface area is 306 Å². The van der Waals surface area contributed by atoms with E-state index >= 15 is 0 Å². The van der Waals surface area contributed by atoms with Crippen LogP contribution >= 0.6 is 0 Å². The quantitative estimate of drug-likeness (QED) is 0.0964. The third-order valence-electron chi connectivity index (χ3n) is 10.0. The van der Waals surface area contributed by atoms with Crippen LogP contribution in [-0.4, -0.2) is 30.6 Å².